The van der Waals surface area contributed by atoms with E-state index in [0.717, 1.165) is 36.2 Å². The number of thiophene rings is 2. The Morgan fingerprint density at radius 1 is 1.17 bits per heavy atom. The molecule has 0 aliphatic carbocycles. The van der Waals surface area contributed by atoms with Gasteiger partial charge in [-0.25, -0.2) is 0 Å². The average Bonchev–Trinajstić information content (AvgIpc) is 3.40. The van der Waals surface area contributed by atoms with E-state index in [2.05, 4.69) is 54.6 Å². The second-order valence-electron chi connectivity index (χ2n) is 7.28. The smallest absolute Gasteiger partial charge is 0.266 e. The predicted octanol–water partition coefficient (Wildman–Crippen LogP) is 5.82. The van der Waals surface area contributed by atoms with Crippen molar-refractivity contribution in [1.29, 1.82) is 0 Å². The number of nitrogens with zero attached hydrogens (tertiary/aromatic N) is 1. The molecule has 0 bridgehead atoms. The van der Waals surface area contributed by atoms with Crippen molar-refractivity contribution in [3.8, 4) is 0 Å². The summed E-state index contributed by atoms with van der Waals surface area (Å²) in [6.45, 7) is 7.53. The van der Waals surface area contributed by atoms with Gasteiger partial charge in [0.25, 0.3) is 5.91 Å². The molecular weight excluding hydrogens is 432 g/mol. The number of anilines is 1. The van der Waals surface area contributed by atoms with Crippen molar-refractivity contribution < 1.29 is 9.53 Å². The van der Waals surface area contributed by atoms with Crippen LogP contribution in [0, 0.1) is 13.8 Å². The largest absolute Gasteiger partial charge is 0.379 e. The van der Waals surface area contributed by atoms with E-state index in [1.54, 1.807) is 23.1 Å². The number of hydrogen-bond donors (Lipinski definition) is 1. The predicted molar refractivity (Wildman–Crippen MR) is 129 cm³/mol. The minimum Gasteiger partial charge on any atom is -0.379 e. The molecule has 1 amide bonds. The highest BCUT2D eigenvalue weighted by molar-refractivity contribution is 7.98. The number of carbonyl (C=O) groups excluding carboxylic acids is 1. The van der Waals surface area contributed by atoms with Crippen LogP contribution in [0.2, 0.25) is 0 Å². The van der Waals surface area contributed by atoms with E-state index < -0.39 is 0 Å². The zero-order chi connectivity index (χ0) is 21.1. The van der Waals surface area contributed by atoms with Gasteiger partial charge in [0.15, 0.2) is 0 Å². The molecule has 3 heterocycles. The molecule has 7 heteroatoms. The highest BCUT2D eigenvalue weighted by Crippen LogP contribution is 2.43. The summed E-state index contributed by atoms with van der Waals surface area (Å²) in [6, 6.07) is 12.7. The van der Waals surface area contributed by atoms with Crippen LogP contribution in [0.5, 0.6) is 0 Å². The molecule has 1 aromatic carbocycles. The molecule has 0 unspecified atom stereocenters. The van der Waals surface area contributed by atoms with Crippen LogP contribution in [-0.4, -0.2) is 43.4 Å². The average molecular weight is 459 g/mol. The van der Waals surface area contributed by atoms with E-state index in [1.165, 1.54) is 37.8 Å². The van der Waals surface area contributed by atoms with Crippen molar-refractivity contribution >= 4 is 45.3 Å². The number of ether oxygens (including phenoxy) is 1. The number of rotatable bonds is 6. The van der Waals surface area contributed by atoms with E-state index in [0.29, 0.717) is 0 Å². The molecule has 1 fully saturated rings. The molecule has 0 radical (unpaired) electrons. The maximum Gasteiger partial charge on any atom is 0.266 e. The molecular formula is C23H26N2O2S3. The standard InChI is InChI=1S/C23H26N2O2S3/c1-15-16(2)30-23(24-22(26)19-5-4-14-29-19)20(15)21(25-10-12-27-13-11-25)17-6-8-18(28-3)9-7-17/h4-9,14,21H,10-13H2,1-3H3,(H,24,26)/t21-/m1/s1. The number of hydrogen-bond acceptors (Lipinski definition) is 6. The first kappa shape index (κ1) is 21.6. The summed E-state index contributed by atoms with van der Waals surface area (Å²) >= 11 is 4.89. The van der Waals surface area contributed by atoms with Crippen LogP contribution >= 0.6 is 34.4 Å². The number of nitrogens with one attached hydrogen (secondary N) is 1. The fraction of sp³-hybridized carbons (Fsp3) is 0.348. The summed E-state index contributed by atoms with van der Waals surface area (Å²) in [4.78, 5) is 18.5. The zero-order valence-electron chi connectivity index (χ0n) is 17.4. The SMILES string of the molecule is CSc1ccc([C@H](c2c(NC(=O)c3cccs3)sc(C)c2C)N2CCOCC2)cc1. The van der Waals surface area contributed by atoms with E-state index in [4.69, 9.17) is 4.74 Å². The monoisotopic (exact) mass is 458 g/mol. The molecule has 1 N–H and O–H groups in total. The maximum atomic E-state index is 12.8. The summed E-state index contributed by atoms with van der Waals surface area (Å²) in [7, 11) is 0. The van der Waals surface area contributed by atoms with E-state index >= 15 is 0 Å². The number of thioether (sulfide) groups is 1. The topological polar surface area (TPSA) is 41.6 Å². The minimum atomic E-state index is -0.0361. The molecule has 1 saturated heterocycles. The lowest BCUT2D eigenvalue weighted by Gasteiger charge is -2.35. The Morgan fingerprint density at radius 2 is 1.90 bits per heavy atom. The lowest BCUT2D eigenvalue weighted by Crippen LogP contribution is -2.39. The van der Waals surface area contributed by atoms with E-state index in [9.17, 15) is 4.79 Å². The van der Waals surface area contributed by atoms with Crippen LogP contribution in [0.1, 0.15) is 37.3 Å². The Balaban J connectivity index is 1.76. The summed E-state index contributed by atoms with van der Waals surface area (Å²) in [6.07, 6.45) is 2.10. The van der Waals surface area contributed by atoms with Gasteiger partial charge in [0, 0.05) is 28.4 Å². The summed E-state index contributed by atoms with van der Waals surface area (Å²) in [5, 5.41) is 6.10. The highest BCUT2D eigenvalue weighted by atomic mass is 32.2. The van der Waals surface area contributed by atoms with E-state index in [-0.39, 0.29) is 11.9 Å². The molecule has 4 rings (SSSR count). The Kier molecular flexibility index (Phi) is 6.95. The molecule has 158 valence electrons. The number of morpholine rings is 1. The van der Waals surface area contributed by atoms with Gasteiger partial charge in [0.2, 0.25) is 0 Å². The summed E-state index contributed by atoms with van der Waals surface area (Å²) in [5.41, 5.74) is 3.72. The van der Waals surface area contributed by atoms with Crippen molar-refractivity contribution in [2.75, 3.05) is 37.9 Å². The molecule has 2 aromatic heterocycles. The van der Waals surface area contributed by atoms with Crippen molar-refractivity contribution in [2.45, 2.75) is 24.8 Å². The first-order chi connectivity index (χ1) is 14.6. The second kappa shape index (κ2) is 9.66. The third kappa shape index (κ3) is 4.50. The first-order valence-electron chi connectivity index (χ1n) is 9.99. The molecule has 1 atom stereocenters. The third-order valence-corrected chi connectivity index (χ3v) is 8.27. The summed E-state index contributed by atoms with van der Waals surface area (Å²) in [5.74, 6) is -0.0361. The Morgan fingerprint density at radius 3 is 2.53 bits per heavy atom. The van der Waals surface area contributed by atoms with Crippen LogP contribution in [-0.2, 0) is 4.74 Å². The zero-order valence-corrected chi connectivity index (χ0v) is 19.9. The minimum absolute atomic E-state index is 0.0361. The molecule has 1 aliphatic rings. The Labute approximate surface area is 190 Å². The van der Waals surface area contributed by atoms with Crippen molar-refractivity contribution in [3.63, 3.8) is 0 Å². The van der Waals surface area contributed by atoms with Crippen molar-refractivity contribution in [3.05, 3.63) is 68.2 Å². The normalized spacial score (nSPS) is 15.8. The van der Waals surface area contributed by atoms with Gasteiger partial charge >= 0.3 is 0 Å². The lowest BCUT2D eigenvalue weighted by atomic mass is 9.94. The highest BCUT2D eigenvalue weighted by Gasteiger charge is 2.30. The Bertz CT molecular complexity index is 990. The van der Waals surface area contributed by atoms with Gasteiger partial charge in [-0.15, -0.1) is 34.4 Å². The van der Waals surface area contributed by atoms with Crippen molar-refractivity contribution in [1.82, 2.24) is 4.90 Å². The fourth-order valence-corrected chi connectivity index (χ4v) is 5.94. The van der Waals surface area contributed by atoms with Gasteiger partial charge in [-0.05, 0) is 54.8 Å². The van der Waals surface area contributed by atoms with Gasteiger partial charge < -0.3 is 10.1 Å². The molecule has 3 aromatic rings. The van der Waals surface area contributed by atoms with Crippen molar-refractivity contribution in [2.24, 2.45) is 0 Å². The Hall–Kier alpha value is -1.64. The van der Waals surface area contributed by atoms with Crippen LogP contribution < -0.4 is 5.32 Å². The van der Waals surface area contributed by atoms with Crippen LogP contribution in [0.15, 0.2) is 46.7 Å². The summed E-state index contributed by atoms with van der Waals surface area (Å²) < 4.78 is 5.63. The fourth-order valence-electron chi connectivity index (χ4n) is 3.82. The second-order valence-corrected chi connectivity index (χ2v) is 10.3. The van der Waals surface area contributed by atoms with Crippen LogP contribution in [0.3, 0.4) is 0 Å². The van der Waals surface area contributed by atoms with Gasteiger partial charge in [-0.1, -0.05) is 18.2 Å². The third-order valence-electron chi connectivity index (χ3n) is 5.52. The molecule has 30 heavy (non-hydrogen) atoms. The number of carbonyl (C=O) groups is 1. The number of aryl methyl sites for hydroxylation is 1. The van der Waals surface area contributed by atoms with Gasteiger partial charge in [0.1, 0.15) is 5.00 Å². The van der Waals surface area contributed by atoms with Crippen LogP contribution in [0.4, 0.5) is 5.00 Å². The van der Waals surface area contributed by atoms with Gasteiger partial charge in [0.05, 0.1) is 24.1 Å². The molecule has 0 spiro atoms. The quantitative estimate of drug-likeness (QED) is 0.473. The maximum absolute atomic E-state index is 12.8. The lowest BCUT2D eigenvalue weighted by molar-refractivity contribution is 0.0240. The van der Waals surface area contributed by atoms with Crippen LogP contribution in [0.25, 0.3) is 0 Å². The first-order valence-corrected chi connectivity index (χ1v) is 12.9. The van der Waals surface area contributed by atoms with Gasteiger partial charge in [-0.3, -0.25) is 9.69 Å². The number of benzene rings is 1. The molecule has 4 nitrogen and oxygen atoms in total. The molecule has 0 saturated carbocycles. The number of amides is 1. The van der Waals surface area contributed by atoms with Gasteiger partial charge in [-0.2, -0.15) is 0 Å². The van der Waals surface area contributed by atoms with E-state index in [1.807, 2.05) is 17.5 Å². The molecule has 1 aliphatic heterocycles.